The number of hydrogen-bond acceptors (Lipinski definition) is 3. The molecule has 2 aromatic carbocycles. The summed E-state index contributed by atoms with van der Waals surface area (Å²) >= 11 is 0. The molecule has 0 atom stereocenters. The quantitative estimate of drug-likeness (QED) is 0.336. The molecule has 0 fully saturated rings. The van der Waals surface area contributed by atoms with Crippen LogP contribution in [-0.2, 0) is 6.42 Å². The van der Waals surface area contributed by atoms with E-state index in [0.29, 0.717) is 25.3 Å². The SMILES string of the molecule is CCOc1ccccc1CCN=C(N)Nc1ccc(OC(F)(F)F)cc1.I. The van der Waals surface area contributed by atoms with E-state index in [1.807, 2.05) is 31.2 Å². The number of halogens is 4. The first-order chi connectivity index (χ1) is 12.4. The van der Waals surface area contributed by atoms with E-state index in [2.05, 4.69) is 15.0 Å². The summed E-state index contributed by atoms with van der Waals surface area (Å²) in [6.45, 7) is 2.94. The second-order valence-corrected chi connectivity index (χ2v) is 5.25. The molecule has 3 N–H and O–H groups in total. The largest absolute Gasteiger partial charge is 0.573 e. The molecule has 0 aromatic heterocycles. The first kappa shape index (κ1) is 22.9. The van der Waals surface area contributed by atoms with Gasteiger partial charge in [0.05, 0.1) is 6.61 Å². The van der Waals surface area contributed by atoms with Crippen molar-refractivity contribution in [1.29, 1.82) is 0 Å². The highest BCUT2D eigenvalue weighted by Gasteiger charge is 2.30. The third kappa shape index (κ3) is 8.37. The number of nitrogens with one attached hydrogen (secondary N) is 1. The highest BCUT2D eigenvalue weighted by atomic mass is 127. The van der Waals surface area contributed by atoms with Crippen LogP contribution in [0.2, 0.25) is 0 Å². The Morgan fingerprint density at radius 2 is 1.78 bits per heavy atom. The molecule has 5 nitrogen and oxygen atoms in total. The summed E-state index contributed by atoms with van der Waals surface area (Å²) in [7, 11) is 0. The van der Waals surface area contributed by atoms with Crippen molar-refractivity contribution in [2.75, 3.05) is 18.5 Å². The molecule has 0 aliphatic rings. The molecule has 9 heteroatoms. The molecule has 0 amide bonds. The van der Waals surface area contributed by atoms with E-state index in [-0.39, 0.29) is 35.7 Å². The zero-order valence-corrected chi connectivity index (χ0v) is 17.0. The minimum Gasteiger partial charge on any atom is -0.494 e. The van der Waals surface area contributed by atoms with Crippen LogP contribution in [0.15, 0.2) is 53.5 Å². The summed E-state index contributed by atoms with van der Waals surface area (Å²) in [5.41, 5.74) is 7.34. The van der Waals surface area contributed by atoms with Crippen LogP contribution in [0.5, 0.6) is 11.5 Å². The summed E-state index contributed by atoms with van der Waals surface area (Å²) in [6.07, 6.45) is -4.07. The number of guanidine groups is 1. The lowest BCUT2D eigenvalue weighted by molar-refractivity contribution is -0.274. The van der Waals surface area contributed by atoms with Crippen LogP contribution < -0.4 is 20.5 Å². The molecule has 0 heterocycles. The average Bonchev–Trinajstić information content (AvgIpc) is 2.57. The molecule has 148 valence electrons. The number of nitrogens with two attached hydrogens (primary N) is 1. The monoisotopic (exact) mass is 495 g/mol. The van der Waals surface area contributed by atoms with Crippen LogP contribution in [0.4, 0.5) is 18.9 Å². The second-order valence-electron chi connectivity index (χ2n) is 5.25. The van der Waals surface area contributed by atoms with Crippen molar-refractivity contribution in [3.05, 3.63) is 54.1 Å². The van der Waals surface area contributed by atoms with Gasteiger partial charge >= 0.3 is 6.36 Å². The molecule has 0 aliphatic heterocycles. The van der Waals surface area contributed by atoms with Crippen LogP contribution in [0.1, 0.15) is 12.5 Å². The van der Waals surface area contributed by atoms with Gasteiger partial charge in [-0.05, 0) is 49.2 Å². The van der Waals surface area contributed by atoms with E-state index >= 15 is 0 Å². The number of aliphatic imine (C=N–C) groups is 1. The van der Waals surface area contributed by atoms with E-state index in [0.717, 1.165) is 11.3 Å². The lowest BCUT2D eigenvalue weighted by Gasteiger charge is -2.10. The zero-order valence-electron chi connectivity index (χ0n) is 14.6. The Balaban J connectivity index is 0.00000364. The van der Waals surface area contributed by atoms with E-state index in [1.54, 1.807) is 0 Å². The van der Waals surface area contributed by atoms with Gasteiger partial charge in [0.15, 0.2) is 5.96 Å². The fraction of sp³-hybridized carbons (Fsp3) is 0.278. The first-order valence-corrected chi connectivity index (χ1v) is 8.01. The topological polar surface area (TPSA) is 68.9 Å². The molecule has 0 aliphatic carbocycles. The van der Waals surface area contributed by atoms with E-state index in [9.17, 15) is 13.2 Å². The highest BCUT2D eigenvalue weighted by Crippen LogP contribution is 2.24. The number of benzene rings is 2. The maximum atomic E-state index is 12.1. The fourth-order valence-electron chi connectivity index (χ4n) is 2.23. The van der Waals surface area contributed by atoms with Crippen molar-refractivity contribution < 1.29 is 22.6 Å². The van der Waals surface area contributed by atoms with Gasteiger partial charge in [0, 0.05) is 12.2 Å². The van der Waals surface area contributed by atoms with Gasteiger partial charge in [-0.2, -0.15) is 0 Å². The molecule has 0 saturated carbocycles. The molecule has 2 rings (SSSR count). The van der Waals surface area contributed by atoms with Crippen LogP contribution in [0.25, 0.3) is 0 Å². The van der Waals surface area contributed by atoms with Gasteiger partial charge in [-0.3, -0.25) is 4.99 Å². The summed E-state index contributed by atoms with van der Waals surface area (Å²) < 4.78 is 45.7. The van der Waals surface area contributed by atoms with Gasteiger partial charge in [0.25, 0.3) is 0 Å². The molecular weight excluding hydrogens is 474 g/mol. The molecule has 27 heavy (non-hydrogen) atoms. The lowest BCUT2D eigenvalue weighted by Crippen LogP contribution is -2.23. The molecule has 0 radical (unpaired) electrons. The molecule has 2 aromatic rings. The van der Waals surface area contributed by atoms with Gasteiger partial charge in [-0.1, -0.05) is 18.2 Å². The molecule has 0 saturated heterocycles. The maximum Gasteiger partial charge on any atom is 0.573 e. The Morgan fingerprint density at radius 1 is 1.11 bits per heavy atom. The second kappa shape index (κ2) is 10.9. The number of alkyl halides is 3. The predicted molar refractivity (Wildman–Crippen MR) is 110 cm³/mol. The van der Waals surface area contributed by atoms with Gasteiger partial charge in [-0.25, -0.2) is 0 Å². The summed E-state index contributed by atoms with van der Waals surface area (Å²) in [5.74, 6) is 0.687. The highest BCUT2D eigenvalue weighted by molar-refractivity contribution is 14.0. The van der Waals surface area contributed by atoms with Gasteiger partial charge in [0.2, 0.25) is 0 Å². The molecule has 0 unspecified atom stereocenters. The normalized spacial score (nSPS) is 11.5. The lowest BCUT2D eigenvalue weighted by atomic mass is 10.1. The summed E-state index contributed by atoms with van der Waals surface area (Å²) in [6, 6.07) is 12.9. The summed E-state index contributed by atoms with van der Waals surface area (Å²) in [4.78, 5) is 4.21. The Hall–Kier alpha value is -2.17. The predicted octanol–water partition coefficient (Wildman–Crippen LogP) is 4.57. The molecule has 0 spiro atoms. The van der Waals surface area contributed by atoms with Crippen LogP contribution >= 0.6 is 24.0 Å². The standard InChI is InChI=1S/C18H20F3N3O2.HI/c1-2-25-16-6-4-3-5-13(16)11-12-23-17(22)24-14-7-9-15(10-8-14)26-18(19,20)21;/h3-10H,2,11-12H2,1H3,(H3,22,23,24);1H. The molecule has 0 bridgehead atoms. The van der Waals surface area contributed by atoms with E-state index in [4.69, 9.17) is 10.5 Å². The Kier molecular flexibility index (Phi) is 9.19. The average molecular weight is 495 g/mol. The van der Waals surface area contributed by atoms with Gasteiger partial charge in [0.1, 0.15) is 11.5 Å². The van der Waals surface area contributed by atoms with Crippen molar-refractivity contribution in [3.8, 4) is 11.5 Å². The van der Waals surface area contributed by atoms with Crippen molar-refractivity contribution in [1.82, 2.24) is 0 Å². The van der Waals surface area contributed by atoms with Crippen molar-refractivity contribution >= 4 is 35.6 Å². The van der Waals surface area contributed by atoms with Crippen LogP contribution in [0, 0.1) is 0 Å². The minimum absolute atomic E-state index is 0. The number of hydrogen-bond donors (Lipinski definition) is 2. The van der Waals surface area contributed by atoms with Gasteiger partial charge in [-0.15, -0.1) is 37.1 Å². The fourth-order valence-corrected chi connectivity index (χ4v) is 2.23. The molecular formula is C18H21F3IN3O2. The van der Waals surface area contributed by atoms with Crippen molar-refractivity contribution in [2.24, 2.45) is 10.7 Å². The summed E-state index contributed by atoms with van der Waals surface area (Å²) in [5, 5.41) is 2.82. The van der Waals surface area contributed by atoms with Crippen molar-refractivity contribution in [3.63, 3.8) is 0 Å². The van der Waals surface area contributed by atoms with Crippen LogP contribution in [-0.4, -0.2) is 25.5 Å². The minimum atomic E-state index is -4.72. The van der Waals surface area contributed by atoms with E-state index < -0.39 is 6.36 Å². The maximum absolute atomic E-state index is 12.1. The zero-order chi connectivity index (χ0) is 19.0. The number of anilines is 1. The third-order valence-corrected chi connectivity index (χ3v) is 3.30. The first-order valence-electron chi connectivity index (χ1n) is 8.01. The number of para-hydroxylation sites is 1. The Morgan fingerprint density at radius 3 is 2.41 bits per heavy atom. The number of nitrogens with zero attached hydrogens (tertiary/aromatic N) is 1. The van der Waals surface area contributed by atoms with Crippen LogP contribution in [0.3, 0.4) is 0 Å². The van der Waals surface area contributed by atoms with Crippen molar-refractivity contribution in [2.45, 2.75) is 19.7 Å². The Bertz CT molecular complexity index is 737. The Labute approximate surface area is 172 Å². The van der Waals surface area contributed by atoms with E-state index in [1.165, 1.54) is 24.3 Å². The third-order valence-electron chi connectivity index (χ3n) is 3.30. The number of ether oxygens (including phenoxy) is 2. The number of rotatable bonds is 7. The smallest absolute Gasteiger partial charge is 0.494 e. The van der Waals surface area contributed by atoms with Gasteiger partial charge < -0.3 is 20.5 Å².